The molecule has 4 heteroatoms. The summed E-state index contributed by atoms with van der Waals surface area (Å²) in [4.78, 5) is 12.4. The summed E-state index contributed by atoms with van der Waals surface area (Å²) < 4.78 is 0. The number of allylic oxidation sites excluding steroid dienone is 1. The lowest BCUT2D eigenvalue weighted by molar-refractivity contribution is 0.124. The van der Waals surface area contributed by atoms with Crippen LogP contribution in [0, 0.1) is 0 Å². The molecule has 3 nitrogen and oxygen atoms in total. The zero-order valence-corrected chi connectivity index (χ0v) is 10.9. The third-order valence-corrected chi connectivity index (χ3v) is 3.99. The number of hydrogen-bond acceptors (Lipinski definition) is 1. The summed E-state index contributed by atoms with van der Waals surface area (Å²) in [6, 6.07) is 7.73. The fraction of sp³-hybridized carbons (Fsp3) is 0.357. The van der Waals surface area contributed by atoms with Gasteiger partial charge in [-0.1, -0.05) is 29.8 Å². The van der Waals surface area contributed by atoms with Crippen molar-refractivity contribution in [3.8, 4) is 0 Å². The van der Waals surface area contributed by atoms with Gasteiger partial charge in [0.1, 0.15) is 0 Å². The molecule has 0 spiro atoms. The normalized spacial score (nSPS) is 18.4. The first-order chi connectivity index (χ1) is 8.57. The van der Waals surface area contributed by atoms with Crippen LogP contribution in [0.1, 0.15) is 18.4 Å². The molecule has 1 heterocycles. The SMILES string of the molecule is C=CC1(c2ccc(Cl)cc2)CCN(C(=O)O)CC1. The zero-order valence-electron chi connectivity index (χ0n) is 10.1. The second kappa shape index (κ2) is 5.02. The topological polar surface area (TPSA) is 40.5 Å². The van der Waals surface area contributed by atoms with E-state index in [2.05, 4.69) is 6.58 Å². The maximum Gasteiger partial charge on any atom is 0.407 e. The first kappa shape index (κ1) is 13.0. The summed E-state index contributed by atoms with van der Waals surface area (Å²) in [6.45, 7) is 5.02. The van der Waals surface area contributed by atoms with Gasteiger partial charge in [-0.15, -0.1) is 6.58 Å². The first-order valence-corrected chi connectivity index (χ1v) is 6.33. The summed E-state index contributed by atoms with van der Waals surface area (Å²) in [6.07, 6.45) is 2.63. The van der Waals surface area contributed by atoms with Crippen LogP contribution < -0.4 is 0 Å². The Hall–Kier alpha value is -1.48. The van der Waals surface area contributed by atoms with Crippen molar-refractivity contribution in [2.24, 2.45) is 0 Å². The summed E-state index contributed by atoms with van der Waals surface area (Å²) in [5.74, 6) is 0. The second-order valence-corrected chi connectivity index (χ2v) is 5.07. The van der Waals surface area contributed by atoms with E-state index >= 15 is 0 Å². The number of carbonyl (C=O) groups is 1. The number of carboxylic acid groups (broad SMARTS) is 1. The molecule has 1 aromatic carbocycles. The molecule has 0 aliphatic carbocycles. The van der Waals surface area contributed by atoms with Crippen LogP contribution in [0.5, 0.6) is 0 Å². The quantitative estimate of drug-likeness (QED) is 0.831. The summed E-state index contributed by atoms with van der Waals surface area (Å²) in [7, 11) is 0. The van der Waals surface area contributed by atoms with Crippen molar-refractivity contribution < 1.29 is 9.90 Å². The maximum absolute atomic E-state index is 10.9. The van der Waals surface area contributed by atoms with E-state index < -0.39 is 6.09 Å². The number of hydrogen-bond donors (Lipinski definition) is 1. The Kier molecular flexibility index (Phi) is 3.62. The minimum atomic E-state index is -0.844. The zero-order chi connectivity index (χ0) is 13.2. The molecule has 1 aromatic rings. The van der Waals surface area contributed by atoms with Crippen molar-refractivity contribution in [1.82, 2.24) is 4.90 Å². The predicted octanol–water partition coefficient (Wildman–Crippen LogP) is 3.54. The Morgan fingerprint density at radius 2 is 1.89 bits per heavy atom. The number of halogens is 1. The van der Waals surface area contributed by atoms with Gasteiger partial charge in [-0.2, -0.15) is 0 Å². The van der Waals surface area contributed by atoms with Crippen molar-refractivity contribution in [2.75, 3.05) is 13.1 Å². The molecule has 0 radical (unpaired) electrons. The highest BCUT2D eigenvalue weighted by atomic mass is 35.5. The van der Waals surface area contributed by atoms with E-state index in [-0.39, 0.29) is 5.41 Å². The molecule has 1 fully saturated rings. The number of piperidine rings is 1. The van der Waals surface area contributed by atoms with Crippen LogP contribution in [0.25, 0.3) is 0 Å². The Balaban J connectivity index is 2.21. The number of benzene rings is 1. The highest BCUT2D eigenvalue weighted by molar-refractivity contribution is 6.30. The molecule has 96 valence electrons. The van der Waals surface area contributed by atoms with Gasteiger partial charge in [0.2, 0.25) is 0 Å². The number of rotatable bonds is 2. The maximum atomic E-state index is 10.9. The molecule has 0 atom stereocenters. The second-order valence-electron chi connectivity index (χ2n) is 4.64. The van der Waals surface area contributed by atoms with Crippen LogP contribution >= 0.6 is 11.6 Å². The van der Waals surface area contributed by atoms with Gasteiger partial charge in [0, 0.05) is 23.5 Å². The van der Waals surface area contributed by atoms with Crippen LogP contribution in [0.3, 0.4) is 0 Å². The van der Waals surface area contributed by atoms with Crippen molar-refractivity contribution in [1.29, 1.82) is 0 Å². The van der Waals surface area contributed by atoms with E-state index in [0.717, 1.165) is 18.4 Å². The highest BCUT2D eigenvalue weighted by Crippen LogP contribution is 2.37. The summed E-state index contributed by atoms with van der Waals surface area (Å²) in [5.41, 5.74) is 1.03. The standard InChI is InChI=1S/C14H16ClNO2/c1-2-14(11-3-5-12(15)6-4-11)7-9-16(10-8-14)13(17)18/h2-6H,1,7-10H2,(H,17,18). The van der Waals surface area contributed by atoms with Crippen molar-refractivity contribution in [3.05, 3.63) is 47.5 Å². The molecule has 0 bridgehead atoms. The smallest absolute Gasteiger partial charge is 0.407 e. The van der Waals surface area contributed by atoms with Crippen molar-refractivity contribution >= 4 is 17.7 Å². The van der Waals surface area contributed by atoms with E-state index in [1.165, 1.54) is 4.90 Å². The molecule has 1 aliphatic rings. The molecule has 2 rings (SSSR count). The Morgan fingerprint density at radius 3 is 2.33 bits per heavy atom. The lowest BCUT2D eigenvalue weighted by Gasteiger charge is -2.39. The molecular formula is C14H16ClNO2. The van der Waals surface area contributed by atoms with Gasteiger partial charge in [0.15, 0.2) is 0 Å². The molecule has 1 N–H and O–H groups in total. The third-order valence-electron chi connectivity index (χ3n) is 3.74. The average Bonchev–Trinajstić information content (AvgIpc) is 2.39. The molecule has 1 amide bonds. The molecule has 0 aromatic heterocycles. The predicted molar refractivity (Wildman–Crippen MR) is 72.2 cm³/mol. The van der Waals surface area contributed by atoms with Crippen LogP contribution in [-0.4, -0.2) is 29.2 Å². The van der Waals surface area contributed by atoms with Crippen LogP contribution in [-0.2, 0) is 5.41 Å². The molecule has 18 heavy (non-hydrogen) atoms. The number of likely N-dealkylation sites (tertiary alicyclic amines) is 1. The van der Waals surface area contributed by atoms with Gasteiger partial charge in [-0.3, -0.25) is 0 Å². The molecule has 0 saturated carbocycles. The fourth-order valence-electron chi connectivity index (χ4n) is 2.49. The van der Waals surface area contributed by atoms with Gasteiger partial charge < -0.3 is 10.0 Å². The minimum Gasteiger partial charge on any atom is -0.465 e. The summed E-state index contributed by atoms with van der Waals surface area (Å²) >= 11 is 5.89. The van der Waals surface area contributed by atoms with Gasteiger partial charge in [-0.05, 0) is 30.5 Å². The van der Waals surface area contributed by atoms with Crippen LogP contribution in [0.15, 0.2) is 36.9 Å². The van der Waals surface area contributed by atoms with Crippen molar-refractivity contribution in [3.63, 3.8) is 0 Å². The van der Waals surface area contributed by atoms with Crippen LogP contribution in [0.4, 0.5) is 4.79 Å². The van der Waals surface area contributed by atoms with Gasteiger partial charge in [-0.25, -0.2) is 4.79 Å². The molecule has 0 unspecified atom stereocenters. The van der Waals surface area contributed by atoms with Crippen LogP contribution in [0.2, 0.25) is 5.02 Å². The lowest BCUT2D eigenvalue weighted by atomic mass is 9.73. The Labute approximate surface area is 112 Å². The summed E-state index contributed by atoms with van der Waals surface area (Å²) in [5, 5.41) is 9.68. The Bertz CT molecular complexity index is 447. The molecular weight excluding hydrogens is 250 g/mol. The van der Waals surface area contributed by atoms with E-state index in [1.54, 1.807) is 0 Å². The lowest BCUT2D eigenvalue weighted by Crippen LogP contribution is -2.43. The minimum absolute atomic E-state index is 0.128. The van der Waals surface area contributed by atoms with E-state index in [9.17, 15) is 4.79 Å². The molecule has 1 aliphatic heterocycles. The third kappa shape index (κ3) is 2.36. The molecule has 1 saturated heterocycles. The van der Waals surface area contributed by atoms with E-state index in [4.69, 9.17) is 16.7 Å². The van der Waals surface area contributed by atoms with E-state index in [1.807, 2.05) is 30.3 Å². The van der Waals surface area contributed by atoms with Gasteiger partial charge >= 0.3 is 6.09 Å². The van der Waals surface area contributed by atoms with Gasteiger partial charge in [0.25, 0.3) is 0 Å². The fourth-order valence-corrected chi connectivity index (χ4v) is 2.62. The number of nitrogens with zero attached hydrogens (tertiary/aromatic N) is 1. The van der Waals surface area contributed by atoms with E-state index in [0.29, 0.717) is 18.1 Å². The first-order valence-electron chi connectivity index (χ1n) is 5.95. The van der Waals surface area contributed by atoms with Crippen molar-refractivity contribution in [2.45, 2.75) is 18.3 Å². The average molecular weight is 266 g/mol. The van der Waals surface area contributed by atoms with Gasteiger partial charge in [0.05, 0.1) is 0 Å². The monoisotopic (exact) mass is 265 g/mol. The Morgan fingerprint density at radius 1 is 1.33 bits per heavy atom. The largest absolute Gasteiger partial charge is 0.465 e. The highest BCUT2D eigenvalue weighted by Gasteiger charge is 2.34. The number of amides is 1.